The monoisotopic (exact) mass is 393 g/mol. The van der Waals surface area contributed by atoms with Crippen molar-refractivity contribution in [1.29, 1.82) is 0 Å². The van der Waals surface area contributed by atoms with E-state index in [1.807, 2.05) is 13.1 Å². The summed E-state index contributed by atoms with van der Waals surface area (Å²) in [4.78, 5) is 40.4. The molecule has 0 bridgehead atoms. The van der Waals surface area contributed by atoms with Gasteiger partial charge in [-0.05, 0) is 31.3 Å². The van der Waals surface area contributed by atoms with Gasteiger partial charge in [-0.1, -0.05) is 0 Å². The van der Waals surface area contributed by atoms with Crippen molar-refractivity contribution < 1.29 is 9.59 Å². The first-order valence-corrected chi connectivity index (χ1v) is 9.42. The number of nitrogen functional groups attached to an aromatic ring is 1. The van der Waals surface area contributed by atoms with Gasteiger partial charge in [0.15, 0.2) is 0 Å². The highest BCUT2D eigenvalue weighted by Crippen LogP contribution is 2.14. The zero-order valence-corrected chi connectivity index (χ0v) is 16.1. The number of hydrogen-bond donors (Lipinski definition) is 3. The van der Waals surface area contributed by atoms with E-state index in [9.17, 15) is 9.59 Å². The number of nitrogens with one attached hydrogen (secondary N) is 2. The molecule has 2 aromatic heterocycles. The lowest BCUT2D eigenvalue weighted by Crippen LogP contribution is -2.56. The maximum Gasteiger partial charge on any atom is 0.255 e. The van der Waals surface area contributed by atoms with Gasteiger partial charge in [-0.3, -0.25) is 19.5 Å². The Morgan fingerprint density at radius 1 is 1.24 bits per heavy atom. The maximum atomic E-state index is 12.8. The number of fused-ring (bicyclic) bond motifs is 1. The Morgan fingerprint density at radius 3 is 2.93 bits per heavy atom. The molecule has 0 saturated carbocycles. The summed E-state index contributed by atoms with van der Waals surface area (Å²) in [5, 5.41) is 2.98. The van der Waals surface area contributed by atoms with Crippen LogP contribution in [0.1, 0.15) is 20.7 Å². The Kier molecular flexibility index (Phi) is 5.13. The molecular weight excluding hydrogens is 370 g/mol. The lowest BCUT2D eigenvalue weighted by Gasteiger charge is -2.39. The Labute approximate surface area is 167 Å². The van der Waals surface area contributed by atoms with Crippen molar-refractivity contribution in [3.63, 3.8) is 0 Å². The van der Waals surface area contributed by atoms with E-state index in [1.165, 1.54) is 12.4 Å². The second-order valence-electron chi connectivity index (χ2n) is 7.24. The van der Waals surface area contributed by atoms with Crippen molar-refractivity contribution in [3.05, 3.63) is 54.1 Å². The molecule has 2 amide bonds. The maximum absolute atomic E-state index is 12.8. The Bertz CT molecular complexity index is 1050. The number of pyridine rings is 1. The van der Waals surface area contributed by atoms with Crippen LogP contribution in [0.3, 0.4) is 0 Å². The molecule has 29 heavy (non-hydrogen) atoms. The summed E-state index contributed by atoms with van der Waals surface area (Å²) in [5.74, 6) is -0.252. The van der Waals surface area contributed by atoms with Gasteiger partial charge in [-0.15, -0.1) is 0 Å². The van der Waals surface area contributed by atoms with Crippen LogP contribution in [-0.2, 0) is 0 Å². The van der Waals surface area contributed by atoms with Gasteiger partial charge < -0.3 is 20.9 Å². The number of carbonyl (C=O) groups excluding carboxylic acids is 2. The molecule has 1 fully saturated rings. The SMILES string of the molecule is CN1CCN(C(=O)c2cncc(N)c2)CC1CNC(=O)c1ccc2nc[nH]c2c1. The number of aromatic amines is 1. The van der Waals surface area contributed by atoms with Crippen LogP contribution in [0.15, 0.2) is 43.0 Å². The number of hydrogen-bond acceptors (Lipinski definition) is 6. The molecule has 0 aliphatic carbocycles. The number of imidazole rings is 1. The van der Waals surface area contributed by atoms with Gasteiger partial charge in [0.2, 0.25) is 0 Å². The number of aromatic nitrogens is 3. The molecule has 150 valence electrons. The van der Waals surface area contributed by atoms with Crippen LogP contribution >= 0.6 is 0 Å². The average Bonchev–Trinajstić information content (AvgIpc) is 3.20. The number of nitrogens with two attached hydrogens (primary N) is 1. The van der Waals surface area contributed by atoms with Gasteiger partial charge in [0.1, 0.15) is 0 Å². The molecule has 9 nitrogen and oxygen atoms in total. The number of H-pyrrole nitrogens is 1. The lowest BCUT2D eigenvalue weighted by molar-refractivity contribution is 0.0543. The van der Waals surface area contributed by atoms with Gasteiger partial charge in [0.05, 0.1) is 28.6 Å². The molecule has 1 aliphatic heterocycles. The minimum absolute atomic E-state index is 0.0153. The molecule has 9 heteroatoms. The first-order valence-electron chi connectivity index (χ1n) is 9.42. The fourth-order valence-electron chi connectivity index (χ4n) is 3.50. The molecule has 1 atom stereocenters. The van der Waals surface area contributed by atoms with E-state index >= 15 is 0 Å². The molecule has 4 N–H and O–H groups in total. The van der Waals surface area contributed by atoms with Gasteiger partial charge in [-0.2, -0.15) is 0 Å². The zero-order valence-electron chi connectivity index (χ0n) is 16.1. The van der Waals surface area contributed by atoms with Crippen molar-refractivity contribution in [2.45, 2.75) is 6.04 Å². The molecular formula is C20H23N7O2. The summed E-state index contributed by atoms with van der Waals surface area (Å²) in [5.41, 5.74) is 8.89. The van der Waals surface area contributed by atoms with Crippen molar-refractivity contribution >= 4 is 28.5 Å². The third kappa shape index (κ3) is 4.04. The van der Waals surface area contributed by atoms with Crippen LogP contribution in [-0.4, -0.2) is 75.8 Å². The zero-order chi connectivity index (χ0) is 20.4. The van der Waals surface area contributed by atoms with Crippen molar-refractivity contribution in [3.8, 4) is 0 Å². The second kappa shape index (κ2) is 7.88. The number of anilines is 1. The van der Waals surface area contributed by atoms with Crippen LogP contribution in [0.4, 0.5) is 5.69 Å². The van der Waals surface area contributed by atoms with Crippen LogP contribution in [0, 0.1) is 0 Å². The van der Waals surface area contributed by atoms with E-state index in [1.54, 1.807) is 29.4 Å². The first-order chi connectivity index (χ1) is 14.0. The van der Waals surface area contributed by atoms with Crippen molar-refractivity contribution in [2.75, 3.05) is 39.0 Å². The number of nitrogens with zero attached hydrogens (tertiary/aromatic N) is 4. The third-order valence-electron chi connectivity index (χ3n) is 5.25. The van der Waals surface area contributed by atoms with Crippen LogP contribution in [0.5, 0.6) is 0 Å². The second-order valence-corrected chi connectivity index (χ2v) is 7.24. The Hall–Kier alpha value is -3.46. The summed E-state index contributed by atoms with van der Waals surface area (Å²) in [6.45, 7) is 2.30. The standard InChI is InChI=1S/C20H23N7O2/c1-26-4-5-27(20(29)14-6-15(21)9-22-8-14)11-16(26)10-23-19(28)13-2-3-17-18(7-13)25-12-24-17/h2-3,6-9,12,16H,4-5,10-11,21H2,1H3,(H,23,28)(H,24,25). The fourth-order valence-corrected chi connectivity index (χ4v) is 3.50. The number of amides is 2. The molecule has 1 saturated heterocycles. The van der Waals surface area contributed by atoms with Crippen LogP contribution in [0.25, 0.3) is 11.0 Å². The van der Waals surface area contributed by atoms with E-state index in [4.69, 9.17) is 5.73 Å². The largest absolute Gasteiger partial charge is 0.397 e. The van der Waals surface area contributed by atoms with Crippen LogP contribution in [0.2, 0.25) is 0 Å². The predicted octanol–water partition coefficient (Wildman–Crippen LogP) is 0.726. The number of likely N-dealkylation sites (N-methyl/N-ethyl adjacent to an activating group) is 1. The van der Waals surface area contributed by atoms with E-state index in [0.717, 1.165) is 17.6 Å². The highest BCUT2D eigenvalue weighted by atomic mass is 16.2. The Morgan fingerprint density at radius 2 is 2.10 bits per heavy atom. The van der Waals surface area contributed by atoms with E-state index < -0.39 is 0 Å². The molecule has 4 rings (SSSR count). The minimum atomic E-state index is -0.154. The molecule has 1 aliphatic rings. The van der Waals surface area contributed by atoms with E-state index in [0.29, 0.717) is 36.4 Å². The van der Waals surface area contributed by atoms with E-state index in [2.05, 4.69) is 25.2 Å². The van der Waals surface area contributed by atoms with Gasteiger partial charge in [-0.25, -0.2) is 4.98 Å². The molecule has 3 aromatic rings. The molecule has 1 aromatic carbocycles. The molecule has 1 unspecified atom stereocenters. The van der Waals surface area contributed by atoms with Crippen molar-refractivity contribution in [1.82, 2.24) is 30.1 Å². The molecule has 0 radical (unpaired) electrons. The summed E-state index contributed by atoms with van der Waals surface area (Å²) in [6.07, 6.45) is 4.64. The van der Waals surface area contributed by atoms with Gasteiger partial charge >= 0.3 is 0 Å². The highest BCUT2D eigenvalue weighted by Gasteiger charge is 2.28. The molecule has 0 spiro atoms. The number of rotatable bonds is 4. The number of benzene rings is 1. The van der Waals surface area contributed by atoms with Gasteiger partial charge in [0.25, 0.3) is 11.8 Å². The smallest absolute Gasteiger partial charge is 0.255 e. The highest BCUT2D eigenvalue weighted by molar-refractivity contribution is 5.97. The Balaban J connectivity index is 1.39. The summed E-state index contributed by atoms with van der Waals surface area (Å²) in [7, 11) is 2.00. The van der Waals surface area contributed by atoms with Gasteiger partial charge in [0, 0.05) is 50.2 Å². The number of piperazine rings is 1. The number of carbonyl (C=O) groups is 2. The molecule has 3 heterocycles. The quantitative estimate of drug-likeness (QED) is 0.601. The summed E-state index contributed by atoms with van der Waals surface area (Å²) < 4.78 is 0. The normalized spacial score (nSPS) is 17.4. The summed E-state index contributed by atoms with van der Waals surface area (Å²) >= 11 is 0. The third-order valence-corrected chi connectivity index (χ3v) is 5.25. The first kappa shape index (κ1) is 18.9. The topological polar surface area (TPSA) is 120 Å². The minimum Gasteiger partial charge on any atom is -0.397 e. The predicted molar refractivity (Wildman–Crippen MR) is 109 cm³/mol. The van der Waals surface area contributed by atoms with Crippen molar-refractivity contribution in [2.24, 2.45) is 0 Å². The fraction of sp³-hybridized carbons (Fsp3) is 0.300. The lowest BCUT2D eigenvalue weighted by atomic mass is 10.1. The van der Waals surface area contributed by atoms with Crippen LogP contribution < -0.4 is 11.1 Å². The van der Waals surface area contributed by atoms with E-state index in [-0.39, 0.29) is 17.9 Å². The average molecular weight is 393 g/mol. The summed E-state index contributed by atoms with van der Waals surface area (Å²) in [6, 6.07) is 7.00.